The number of likely N-dealkylation sites (tertiary alicyclic amines) is 1. The number of nitrogens with zero attached hydrogens (tertiary/aromatic N) is 7. The average molecular weight is 609 g/mol. The van der Waals surface area contributed by atoms with Crippen LogP contribution in [0.5, 0.6) is 11.6 Å². The lowest BCUT2D eigenvalue weighted by molar-refractivity contribution is -0.142. The molecular weight excluding hydrogens is 577 g/mol. The largest absolute Gasteiger partial charge is 0.469 e. The first-order valence-electron chi connectivity index (χ1n) is 13.9. The van der Waals surface area contributed by atoms with Gasteiger partial charge in [-0.3, -0.25) is 14.4 Å². The van der Waals surface area contributed by atoms with Crippen molar-refractivity contribution in [3.63, 3.8) is 0 Å². The topological polar surface area (TPSA) is 98.5 Å². The number of fused-ring (bicyclic) bond motifs is 1. The summed E-state index contributed by atoms with van der Waals surface area (Å²) in [7, 11) is 1.44. The Bertz CT molecular complexity index is 1530. The molecule has 0 bridgehead atoms. The van der Waals surface area contributed by atoms with Crippen LogP contribution in [0.25, 0.3) is 11.3 Å². The van der Waals surface area contributed by atoms with Gasteiger partial charge < -0.3 is 14.4 Å². The molecule has 42 heavy (non-hydrogen) atoms. The van der Waals surface area contributed by atoms with Crippen molar-refractivity contribution in [3.8, 4) is 22.9 Å². The number of halogens is 2. The molecule has 0 spiro atoms. The van der Waals surface area contributed by atoms with Crippen LogP contribution < -0.4 is 9.64 Å². The Morgan fingerprint density at radius 2 is 1.76 bits per heavy atom. The van der Waals surface area contributed by atoms with E-state index in [9.17, 15) is 4.79 Å². The van der Waals surface area contributed by atoms with Crippen molar-refractivity contribution in [3.05, 3.63) is 76.3 Å². The molecule has 2 aliphatic rings. The van der Waals surface area contributed by atoms with Crippen LogP contribution in [0.1, 0.15) is 30.5 Å². The van der Waals surface area contributed by atoms with E-state index in [1.807, 2.05) is 41.2 Å². The van der Waals surface area contributed by atoms with E-state index in [-0.39, 0.29) is 5.97 Å². The Kier molecular flexibility index (Phi) is 8.55. The number of ether oxygens (including phenoxy) is 2. The van der Waals surface area contributed by atoms with Crippen molar-refractivity contribution in [1.29, 1.82) is 0 Å². The molecule has 1 aromatic carbocycles. The molecule has 0 atom stereocenters. The van der Waals surface area contributed by atoms with Gasteiger partial charge in [-0.25, -0.2) is 15.0 Å². The van der Waals surface area contributed by atoms with Crippen LogP contribution in [0.15, 0.2) is 55.0 Å². The van der Waals surface area contributed by atoms with E-state index in [0.29, 0.717) is 58.7 Å². The first-order valence-corrected chi connectivity index (χ1v) is 14.7. The zero-order valence-corrected chi connectivity index (χ0v) is 24.8. The van der Waals surface area contributed by atoms with Crippen LogP contribution in [0.4, 0.5) is 5.95 Å². The molecule has 1 fully saturated rings. The van der Waals surface area contributed by atoms with Crippen LogP contribution in [-0.2, 0) is 29.2 Å². The van der Waals surface area contributed by atoms with Crippen LogP contribution >= 0.6 is 23.2 Å². The zero-order valence-electron chi connectivity index (χ0n) is 23.2. The van der Waals surface area contributed by atoms with E-state index in [0.717, 1.165) is 55.8 Å². The van der Waals surface area contributed by atoms with E-state index in [1.54, 1.807) is 18.5 Å². The maximum absolute atomic E-state index is 11.7. The molecular formula is C30H31Cl2N7O3. The molecule has 6 rings (SSSR count). The molecule has 0 aliphatic carbocycles. The standard InChI is InChI=1S/C30H31Cl2N7O3/c1-41-29(40)12-20-3-6-37(7-4-20)18-21-10-27(22-13-23(31)15-24(32)14-22)36-28(11-21)42-26-16-33-30(34-17-26)38-8-9-39-25(19-38)2-5-35-39/h2,5,10-11,13-17,20H,3-4,6-9,12,18-19H2,1H3. The molecule has 0 amide bonds. The molecule has 2 aliphatic heterocycles. The summed E-state index contributed by atoms with van der Waals surface area (Å²) >= 11 is 12.6. The van der Waals surface area contributed by atoms with Crippen molar-refractivity contribution >= 4 is 35.1 Å². The van der Waals surface area contributed by atoms with Crippen LogP contribution in [0.2, 0.25) is 10.0 Å². The van der Waals surface area contributed by atoms with Gasteiger partial charge in [-0.2, -0.15) is 5.10 Å². The highest BCUT2D eigenvalue weighted by atomic mass is 35.5. The van der Waals surface area contributed by atoms with Gasteiger partial charge in [-0.15, -0.1) is 0 Å². The summed E-state index contributed by atoms with van der Waals surface area (Å²) in [5.41, 5.74) is 3.68. The van der Waals surface area contributed by atoms with E-state index in [4.69, 9.17) is 37.7 Å². The molecule has 5 heterocycles. The average Bonchev–Trinajstić information content (AvgIpc) is 3.46. The molecule has 0 radical (unpaired) electrons. The second-order valence-electron chi connectivity index (χ2n) is 10.6. The van der Waals surface area contributed by atoms with Gasteiger partial charge in [0.15, 0.2) is 5.75 Å². The predicted octanol–water partition coefficient (Wildman–Crippen LogP) is 5.63. The Hall–Kier alpha value is -3.73. The fourth-order valence-electron chi connectivity index (χ4n) is 5.48. The molecule has 3 aromatic heterocycles. The third kappa shape index (κ3) is 6.83. The summed E-state index contributed by atoms with van der Waals surface area (Å²) in [5, 5.41) is 5.40. The van der Waals surface area contributed by atoms with Crippen molar-refractivity contribution in [1.82, 2.24) is 29.6 Å². The fourth-order valence-corrected chi connectivity index (χ4v) is 6.01. The molecule has 1 saturated heterocycles. The Labute approximate surface area is 254 Å². The van der Waals surface area contributed by atoms with Crippen LogP contribution in [0.3, 0.4) is 0 Å². The van der Waals surface area contributed by atoms with Crippen LogP contribution in [0, 0.1) is 5.92 Å². The van der Waals surface area contributed by atoms with E-state index in [2.05, 4.69) is 24.9 Å². The van der Waals surface area contributed by atoms with Gasteiger partial charge in [-0.1, -0.05) is 23.2 Å². The molecule has 0 saturated carbocycles. The Balaban J connectivity index is 1.19. The van der Waals surface area contributed by atoms with E-state index < -0.39 is 0 Å². The highest BCUT2D eigenvalue weighted by Gasteiger charge is 2.23. The number of rotatable bonds is 8. The molecule has 0 N–H and O–H groups in total. The first-order chi connectivity index (χ1) is 20.4. The number of aromatic nitrogens is 5. The van der Waals surface area contributed by atoms with Crippen molar-refractivity contribution in [2.75, 3.05) is 31.6 Å². The number of hydrogen-bond acceptors (Lipinski definition) is 9. The van der Waals surface area contributed by atoms with E-state index >= 15 is 0 Å². The maximum atomic E-state index is 11.7. The van der Waals surface area contributed by atoms with Gasteiger partial charge in [0.2, 0.25) is 11.8 Å². The minimum Gasteiger partial charge on any atom is -0.469 e. The van der Waals surface area contributed by atoms with Gasteiger partial charge in [0.1, 0.15) is 0 Å². The summed E-state index contributed by atoms with van der Waals surface area (Å²) in [4.78, 5) is 30.1. The number of hydrogen-bond donors (Lipinski definition) is 0. The van der Waals surface area contributed by atoms with Crippen molar-refractivity contribution in [2.45, 2.75) is 38.9 Å². The van der Waals surface area contributed by atoms with Gasteiger partial charge >= 0.3 is 5.97 Å². The number of benzene rings is 1. The summed E-state index contributed by atoms with van der Waals surface area (Å²) in [6.45, 7) is 4.78. The first kappa shape index (κ1) is 28.4. The predicted molar refractivity (Wildman–Crippen MR) is 160 cm³/mol. The quantitative estimate of drug-likeness (QED) is 0.236. The summed E-state index contributed by atoms with van der Waals surface area (Å²) in [5.74, 6) is 1.77. The van der Waals surface area contributed by atoms with Gasteiger partial charge in [-0.05, 0) is 67.7 Å². The number of piperidine rings is 1. The van der Waals surface area contributed by atoms with E-state index in [1.165, 1.54) is 7.11 Å². The third-order valence-electron chi connectivity index (χ3n) is 7.68. The number of carbonyl (C=O) groups excluding carboxylic acids is 1. The molecule has 4 aromatic rings. The molecule has 218 valence electrons. The minimum atomic E-state index is -0.144. The number of pyridine rings is 1. The normalized spacial score (nSPS) is 15.8. The fraction of sp³-hybridized carbons (Fsp3) is 0.367. The lowest BCUT2D eigenvalue weighted by Crippen LogP contribution is -2.34. The highest BCUT2D eigenvalue weighted by Crippen LogP contribution is 2.31. The minimum absolute atomic E-state index is 0.144. The Morgan fingerprint density at radius 3 is 2.50 bits per heavy atom. The van der Waals surface area contributed by atoms with Crippen molar-refractivity contribution in [2.24, 2.45) is 5.92 Å². The lowest BCUT2D eigenvalue weighted by Gasteiger charge is -2.31. The SMILES string of the molecule is COC(=O)CC1CCN(Cc2cc(Oc3cnc(N4CCn5nccc5C4)nc3)nc(-c3cc(Cl)cc(Cl)c3)c2)CC1. The summed E-state index contributed by atoms with van der Waals surface area (Å²) < 4.78 is 13.0. The number of esters is 1. The Morgan fingerprint density at radius 1 is 1.00 bits per heavy atom. The second-order valence-corrected chi connectivity index (χ2v) is 11.5. The maximum Gasteiger partial charge on any atom is 0.305 e. The number of anilines is 1. The monoisotopic (exact) mass is 607 g/mol. The molecule has 12 heteroatoms. The van der Waals surface area contributed by atoms with Crippen molar-refractivity contribution < 1.29 is 14.3 Å². The molecule has 0 unspecified atom stereocenters. The van der Waals surface area contributed by atoms with Gasteiger partial charge in [0, 0.05) is 47.4 Å². The van der Waals surface area contributed by atoms with Gasteiger partial charge in [0.05, 0.1) is 44.0 Å². The smallest absolute Gasteiger partial charge is 0.305 e. The molecule has 10 nitrogen and oxygen atoms in total. The summed E-state index contributed by atoms with van der Waals surface area (Å²) in [6, 6.07) is 11.4. The van der Waals surface area contributed by atoms with Gasteiger partial charge in [0.25, 0.3) is 0 Å². The lowest BCUT2D eigenvalue weighted by atomic mass is 9.93. The summed E-state index contributed by atoms with van der Waals surface area (Å²) in [6.07, 6.45) is 7.53. The van der Waals surface area contributed by atoms with Crippen LogP contribution in [-0.4, -0.2) is 62.3 Å². The number of carbonyl (C=O) groups is 1. The zero-order chi connectivity index (χ0) is 29.1. The second kappa shape index (κ2) is 12.6. The highest BCUT2D eigenvalue weighted by molar-refractivity contribution is 6.35. The number of methoxy groups -OCH3 is 1. The third-order valence-corrected chi connectivity index (χ3v) is 8.11.